The summed E-state index contributed by atoms with van der Waals surface area (Å²) in [7, 11) is 0. The van der Waals surface area contributed by atoms with E-state index in [2.05, 4.69) is 95.2 Å². The van der Waals surface area contributed by atoms with Crippen molar-refractivity contribution < 1.29 is 0 Å². The van der Waals surface area contributed by atoms with Crippen LogP contribution in [0.4, 0.5) is 0 Å². The van der Waals surface area contributed by atoms with E-state index < -0.39 is 5.62 Å². The molecule has 33 heavy (non-hydrogen) atoms. The molecule has 1 N–H and O–H groups in total. The van der Waals surface area contributed by atoms with Crippen molar-refractivity contribution in [3.05, 3.63) is 108 Å². The predicted octanol–water partition coefficient (Wildman–Crippen LogP) is 6.96. The Kier molecular flexibility index (Phi) is 3.96. The maximum Gasteiger partial charge on any atom is 0.198 e. The topological polar surface area (TPSA) is 36.8 Å². The summed E-state index contributed by atoms with van der Waals surface area (Å²) in [4.78, 5) is 9.43. The molecule has 0 saturated carbocycles. The Labute approximate surface area is 196 Å². The van der Waals surface area contributed by atoms with E-state index >= 15 is 0 Å². The third-order valence-electron chi connectivity index (χ3n) is 6.49. The van der Waals surface area contributed by atoms with Gasteiger partial charge in [-0.05, 0) is 55.9 Å². The molecule has 1 aliphatic heterocycles. The number of nitrogens with zero attached hydrogens (tertiary/aromatic N) is 2. The second kappa shape index (κ2) is 7.03. The molecule has 156 valence electrons. The third-order valence-corrected chi connectivity index (χ3v) is 6.70. The van der Waals surface area contributed by atoms with Crippen molar-refractivity contribution in [1.29, 1.82) is 0 Å². The fraction of sp³-hybridized carbons (Fsp3) is 0.0345. The first-order valence-electron chi connectivity index (χ1n) is 11.0. The standard InChI is InChI=1S/C29H18ClN3/c30-29-32-27(20-12-11-17-5-1-2-6-19(17)15-20)31-28(33-29)21-13-14-22-23-9-3-7-18-8-4-10-24(26(18)23)25(22)16-21/h1-16,29H,(H,31,32,33). The highest BCUT2D eigenvalue weighted by Gasteiger charge is 2.23. The van der Waals surface area contributed by atoms with Crippen molar-refractivity contribution in [1.82, 2.24) is 5.32 Å². The average Bonchev–Trinajstić information content (AvgIpc) is 3.18. The van der Waals surface area contributed by atoms with Crippen LogP contribution in [0.5, 0.6) is 0 Å². The summed E-state index contributed by atoms with van der Waals surface area (Å²) in [6, 6.07) is 34.1. The van der Waals surface area contributed by atoms with E-state index in [1.165, 1.54) is 38.4 Å². The van der Waals surface area contributed by atoms with Crippen molar-refractivity contribution >= 4 is 44.8 Å². The van der Waals surface area contributed by atoms with Gasteiger partial charge >= 0.3 is 0 Å². The second-order valence-corrected chi connectivity index (χ2v) is 8.84. The van der Waals surface area contributed by atoms with Crippen LogP contribution in [0.25, 0.3) is 43.8 Å². The first kappa shape index (κ1) is 18.6. The lowest BCUT2D eigenvalue weighted by Gasteiger charge is -2.19. The lowest BCUT2D eigenvalue weighted by Crippen LogP contribution is -2.35. The van der Waals surface area contributed by atoms with Crippen LogP contribution in [-0.4, -0.2) is 17.3 Å². The number of rotatable bonds is 2. The molecule has 0 bridgehead atoms. The van der Waals surface area contributed by atoms with Crippen molar-refractivity contribution in [2.45, 2.75) is 5.62 Å². The Bertz CT molecular complexity index is 1660. The van der Waals surface area contributed by atoms with Crippen molar-refractivity contribution in [3.63, 3.8) is 0 Å². The van der Waals surface area contributed by atoms with Gasteiger partial charge < -0.3 is 5.32 Å². The number of nitrogens with one attached hydrogen (secondary N) is 1. The molecule has 2 aliphatic rings. The molecule has 5 aromatic rings. The summed E-state index contributed by atoms with van der Waals surface area (Å²) >= 11 is 6.50. The maximum absolute atomic E-state index is 6.50. The number of hydrogen-bond acceptors (Lipinski definition) is 3. The first-order chi connectivity index (χ1) is 16.2. The molecule has 5 aromatic carbocycles. The van der Waals surface area contributed by atoms with Gasteiger partial charge in [0.2, 0.25) is 0 Å². The number of hydrogen-bond donors (Lipinski definition) is 1. The fourth-order valence-corrected chi connectivity index (χ4v) is 5.17. The molecule has 0 radical (unpaired) electrons. The Morgan fingerprint density at radius 1 is 0.606 bits per heavy atom. The molecule has 1 aliphatic carbocycles. The summed E-state index contributed by atoms with van der Waals surface area (Å²) in [6.07, 6.45) is 0. The van der Waals surface area contributed by atoms with Crippen LogP contribution in [0.3, 0.4) is 0 Å². The van der Waals surface area contributed by atoms with Crippen LogP contribution < -0.4 is 5.32 Å². The molecule has 0 amide bonds. The van der Waals surface area contributed by atoms with Gasteiger partial charge in [-0.1, -0.05) is 96.5 Å². The van der Waals surface area contributed by atoms with E-state index in [0.717, 1.165) is 22.3 Å². The van der Waals surface area contributed by atoms with E-state index in [-0.39, 0.29) is 0 Å². The monoisotopic (exact) mass is 443 g/mol. The number of halogens is 1. The van der Waals surface area contributed by atoms with Crippen LogP contribution in [0.2, 0.25) is 0 Å². The van der Waals surface area contributed by atoms with Gasteiger partial charge in [-0.3, -0.25) is 0 Å². The molecule has 1 heterocycles. The van der Waals surface area contributed by atoms with Gasteiger partial charge in [0.05, 0.1) is 0 Å². The highest BCUT2D eigenvalue weighted by atomic mass is 35.5. The molecule has 0 aromatic heterocycles. The summed E-state index contributed by atoms with van der Waals surface area (Å²) in [5.74, 6) is 1.37. The van der Waals surface area contributed by atoms with Crippen LogP contribution in [0, 0.1) is 0 Å². The van der Waals surface area contributed by atoms with Gasteiger partial charge in [-0.15, -0.1) is 0 Å². The summed E-state index contributed by atoms with van der Waals surface area (Å²) in [6.45, 7) is 0. The van der Waals surface area contributed by atoms with E-state index in [1.54, 1.807) is 0 Å². The van der Waals surface area contributed by atoms with E-state index in [1.807, 2.05) is 12.1 Å². The molecule has 1 unspecified atom stereocenters. The lowest BCUT2D eigenvalue weighted by atomic mass is 10.0. The Balaban J connectivity index is 1.34. The van der Waals surface area contributed by atoms with Gasteiger partial charge in [-0.25, -0.2) is 9.98 Å². The number of amidine groups is 2. The van der Waals surface area contributed by atoms with Crippen LogP contribution >= 0.6 is 11.6 Å². The number of fused-ring (bicyclic) bond motifs is 4. The largest absolute Gasteiger partial charge is 0.335 e. The molecule has 3 nitrogen and oxygen atoms in total. The molecular formula is C29H18ClN3. The highest BCUT2D eigenvalue weighted by molar-refractivity contribution is 6.25. The molecular weight excluding hydrogens is 426 g/mol. The Morgan fingerprint density at radius 3 is 2.18 bits per heavy atom. The minimum Gasteiger partial charge on any atom is -0.335 e. The maximum atomic E-state index is 6.50. The van der Waals surface area contributed by atoms with E-state index in [4.69, 9.17) is 16.6 Å². The van der Waals surface area contributed by atoms with Crippen molar-refractivity contribution in [2.24, 2.45) is 9.98 Å². The zero-order valence-corrected chi connectivity index (χ0v) is 18.3. The van der Waals surface area contributed by atoms with Gasteiger partial charge in [0.15, 0.2) is 11.5 Å². The molecule has 0 spiro atoms. The number of alkyl halides is 1. The molecule has 7 rings (SSSR count). The fourth-order valence-electron chi connectivity index (χ4n) is 4.97. The number of aliphatic imine (C=N–C) groups is 2. The Hall–Kier alpha value is -3.95. The smallest absolute Gasteiger partial charge is 0.198 e. The van der Waals surface area contributed by atoms with Gasteiger partial charge in [0, 0.05) is 11.1 Å². The van der Waals surface area contributed by atoms with Crippen LogP contribution in [0.15, 0.2) is 107 Å². The SMILES string of the molecule is ClC1N=C(c2ccc3ccccc3c2)N=C(c2ccc3c(c2)-c2cccc4cccc-3c24)N1. The van der Waals surface area contributed by atoms with E-state index in [0.29, 0.717) is 5.84 Å². The summed E-state index contributed by atoms with van der Waals surface area (Å²) in [5, 5.41) is 8.16. The Morgan fingerprint density at radius 2 is 1.33 bits per heavy atom. The second-order valence-electron chi connectivity index (χ2n) is 8.42. The van der Waals surface area contributed by atoms with Gasteiger partial charge in [0.25, 0.3) is 0 Å². The zero-order chi connectivity index (χ0) is 21.9. The van der Waals surface area contributed by atoms with Crippen molar-refractivity contribution in [2.75, 3.05) is 0 Å². The number of benzene rings is 5. The average molecular weight is 444 g/mol. The van der Waals surface area contributed by atoms with Crippen LogP contribution in [0.1, 0.15) is 11.1 Å². The third kappa shape index (κ3) is 2.90. The molecule has 1 atom stereocenters. The predicted molar refractivity (Wildman–Crippen MR) is 138 cm³/mol. The molecule has 0 fully saturated rings. The van der Waals surface area contributed by atoms with Crippen LogP contribution in [-0.2, 0) is 0 Å². The van der Waals surface area contributed by atoms with Gasteiger partial charge in [0.1, 0.15) is 5.84 Å². The normalized spacial score (nSPS) is 16.3. The summed E-state index contributed by atoms with van der Waals surface area (Å²) in [5.41, 5.74) is 6.42. The quantitative estimate of drug-likeness (QED) is 0.228. The van der Waals surface area contributed by atoms with E-state index in [9.17, 15) is 0 Å². The first-order valence-corrected chi connectivity index (χ1v) is 11.4. The minimum absolute atomic E-state index is 0.576. The molecule has 4 heteroatoms. The van der Waals surface area contributed by atoms with Gasteiger partial charge in [-0.2, -0.15) is 0 Å². The highest BCUT2D eigenvalue weighted by Crippen LogP contribution is 2.47. The summed E-state index contributed by atoms with van der Waals surface area (Å²) < 4.78 is 0. The minimum atomic E-state index is -0.576. The molecule has 0 saturated heterocycles. The lowest BCUT2D eigenvalue weighted by molar-refractivity contribution is 0.832. The zero-order valence-electron chi connectivity index (χ0n) is 17.6. The van der Waals surface area contributed by atoms with Crippen molar-refractivity contribution in [3.8, 4) is 22.3 Å².